The minimum Gasteiger partial charge on any atom is -0.298 e. The summed E-state index contributed by atoms with van der Waals surface area (Å²) < 4.78 is 1.07. The van der Waals surface area contributed by atoms with Gasteiger partial charge in [-0.25, -0.2) is 4.98 Å². The molecule has 2 aromatic heterocycles. The highest BCUT2D eigenvalue weighted by molar-refractivity contribution is 7.98. The summed E-state index contributed by atoms with van der Waals surface area (Å²) in [6.45, 7) is 0. The zero-order valence-electron chi connectivity index (χ0n) is 13.1. The number of hydrogen-bond donors (Lipinski definition) is 1. The maximum absolute atomic E-state index is 12.7. The zero-order valence-corrected chi connectivity index (χ0v) is 15.6. The molecule has 0 unspecified atom stereocenters. The molecular weight excluding hydrogens is 368 g/mol. The lowest BCUT2D eigenvalue weighted by Crippen LogP contribution is -2.12. The SMILES string of the molecule is O=C(Nc1nc2ccccc2s1)c1ccccc1SCc1cccs1. The highest BCUT2D eigenvalue weighted by Crippen LogP contribution is 2.30. The van der Waals surface area contributed by atoms with E-state index in [-0.39, 0.29) is 5.91 Å². The Balaban J connectivity index is 1.53. The largest absolute Gasteiger partial charge is 0.298 e. The van der Waals surface area contributed by atoms with Crippen LogP contribution in [0.2, 0.25) is 0 Å². The van der Waals surface area contributed by atoms with Gasteiger partial charge in [0.2, 0.25) is 0 Å². The third-order valence-corrected chi connectivity index (χ3v) is 6.73. The Morgan fingerprint density at radius 1 is 1.04 bits per heavy atom. The average Bonchev–Trinajstić information content (AvgIpc) is 3.29. The maximum atomic E-state index is 12.7. The summed E-state index contributed by atoms with van der Waals surface area (Å²) in [6.07, 6.45) is 0. The van der Waals surface area contributed by atoms with Crippen molar-refractivity contribution >= 4 is 55.7 Å². The smallest absolute Gasteiger partial charge is 0.258 e. The number of thiazole rings is 1. The predicted octanol–water partition coefficient (Wildman–Crippen LogP) is 5.90. The van der Waals surface area contributed by atoms with Gasteiger partial charge >= 0.3 is 0 Å². The number of para-hydroxylation sites is 1. The predicted molar refractivity (Wildman–Crippen MR) is 108 cm³/mol. The molecule has 25 heavy (non-hydrogen) atoms. The number of aromatic nitrogens is 1. The van der Waals surface area contributed by atoms with Gasteiger partial charge in [-0.3, -0.25) is 10.1 Å². The van der Waals surface area contributed by atoms with Crippen molar-refractivity contribution in [3.8, 4) is 0 Å². The quantitative estimate of drug-likeness (QED) is 0.437. The number of thioether (sulfide) groups is 1. The van der Waals surface area contributed by atoms with Gasteiger partial charge in [0.25, 0.3) is 5.91 Å². The van der Waals surface area contributed by atoms with E-state index in [1.165, 1.54) is 16.2 Å². The van der Waals surface area contributed by atoms with Crippen molar-refractivity contribution in [2.24, 2.45) is 0 Å². The molecule has 3 nitrogen and oxygen atoms in total. The lowest BCUT2D eigenvalue weighted by atomic mass is 10.2. The molecule has 0 spiro atoms. The number of nitrogens with one attached hydrogen (secondary N) is 1. The number of amides is 1. The van der Waals surface area contributed by atoms with Gasteiger partial charge in [0.1, 0.15) is 0 Å². The minimum atomic E-state index is -0.117. The van der Waals surface area contributed by atoms with Crippen LogP contribution < -0.4 is 5.32 Å². The number of fused-ring (bicyclic) bond motifs is 1. The van der Waals surface area contributed by atoms with Crippen molar-refractivity contribution in [2.75, 3.05) is 5.32 Å². The summed E-state index contributed by atoms with van der Waals surface area (Å²) in [5, 5.41) is 5.64. The molecule has 0 atom stereocenters. The highest BCUT2D eigenvalue weighted by Gasteiger charge is 2.14. The zero-order chi connectivity index (χ0) is 17.1. The summed E-state index contributed by atoms with van der Waals surface area (Å²) in [4.78, 5) is 19.5. The second kappa shape index (κ2) is 7.39. The third kappa shape index (κ3) is 3.76. The van der Waals surface area contributed by atoms with Crippen LogP contribution in [0.15, 0.2) is 70.9 Å². The number of carbonyl (C=O) groups is 1. The van der Waals surface area contributed by atoms with Crippen molar-refractivity contribution in [1.82, 2.24) is 4.98 Å². The molecule has 1 N–H and O–H groups in total. The number of thiophene rings is 1. The van der Waals surface area contributed by atoms with Gasteiger partial charge in [-0.1, -0.05) is 41.7 Å². The summed E-state index contributed by atoms with van der Waals surface area (Å²) >= 11 is 4.90. The van der Waals surface area contributed by atoms with Crippen LogP contribution in [0.1, 0.15) is 15.2 Å². The first-order valence-corrected chi connectivity index (χ1v) is 10.4. The van der Waals surface area contributed by atoms with Crippen LogP contribution in [-0.4, -0.2) is 10.9 Å². The molecule has 0 bridgehead atoms. The molecule has 6 heteroatoms. The molecule has 0 saturated heterocycles. The van der Waals surface area contributed by atoms with Crippen molar-refractivity contribution in [3.05, 3.63) is 76.5 Å². The number of nitrogens with zero attached hydrogens (tertiary/aromatic N) is 1. The Bertz CT molecular complexity index is 975. The topological polar surface area (TPSA) is 42.0 Å². The van der Waals surface area contributed by atoms with E-state index in [4.69, 9.17) is 0 Å². The fraction of sp³-hybridized carbons (Fsp3) is 0.0526. The normalized spacial score (nSPS) is 10.9. The monoisotopic (exact) mass is 382 g/mol. The molecule has 0 fully saturated rings. The first kappa shape index (κ1) is 16.3. The van der Waals surface area contributed by atoms with Gasteiger partial charge in [-0.15, -0.1) is 23.1 Å². The van der Waals surface area contributed by atoms with Gasteiger partial charge in [0.15, 0.2) is 5.13 Å². The van der Waals surface area contributed by atoms with E-state index in [2.05, 4.69) is 21.7 Å². The van der Waals surface area contributed by atoms with Crippen LogP contribution in [0.3, 0.4) is 0 Å². The molecular formula is C19H14N2OS3. The molecule has 1 amide bonds. The fourth-order valence-corrected chi connectivity index (χ4v) is 5.10. The fourth-order valence-electron chi connectivity index (χ4n) is 2.41. The van der Waals surface area contributed by atoms with Crippen molar-refractivity contribution in [2.45, 2.75) is 10.6 Å². The lowest BCUT2D eigenvalue weighted by Gasteiger charge is -2.08. The molecule has 124 valence electrons. The van der Waals surface area contributed by atoms with Crippen molar-refractivity contribution in [1.29, 1.82) is 0 Å². The van der Waals surface area contributed by atoms with Crippen molar-refractivity contribution < 1.29 is 4.79 Å². The summed E-state index contributed by atoms with van der Waals surface area (Å²) in [5.41, 5.74) is 1.59. The van der Waals surface area contributed by atoms with Crippen LogP contribution in [0.5, 0.6) is 0 Å². The van der Waals surface area contributed by atoms with Gasteiger partial charge in [0, 0.05) is 15.5 Å². The third-order valence-electron chi connectivity index (χ3n) is 3.60. The van der Waals surface area contributed by atoms with Crippen LogP contribution in [0, 0.1) is 0 Å². The van der Waals surface area contributed by atoms with Crippen LogP contribution in [0.25, 0.3) is 10.2 Å². The van der Waals surface area contributed by atoms with E-state index in [9.17, 15) is 4.79 Å². The minimum absolute atomic E-state index is 0.117. The van der Waals surface area contributed by atoms with E-state index < -0.39 is 0 Å². The standard InChI is InChI=1S/C19H14N2OS3/c22-18(21-19-20-15-8-2-4-10-17(15)25-19)14-7-1-3-9-16(14)24-12-13-6-5-11-23-13/h1-11H,12H2,(H,20,21,22). The Morgan fingerprint density at radius 2 is 1.88 bits per heavy atom. The Kier molecular flexibility index (Phi) is 4.83. The van der Waals surface area contributed by atoms with Gasteiger partial charge in [-0.05, 0) is 35.7 Å². The Hall–Kier alpha value is -2.15. The van der Waals surface area contributed by atoms with Crippen molar-refractivity contribution in [3.63, 3.8) is 0 Å². The molecule has 0 aliphatic carbocycles. The first-order valence-electron chi connectivity index (χ1n) is 7.71. The molecule has 0 aliphatic heterocycles. The lowest BCUT2D eigenvalue weighted by molar-refractivity contribution is 0.102. The molecule has 4 rings (SSSR count). The van der Waals surface area contributed by atoms with Crippen LogP contribution >= 0.6 is 34.4 Å². The Labute approximate surface area is 157 Å². The van der Waals surface area contributed by atoms with Gasteiger partial charge in [-0.2, -0.15) is 0 Å². The molecule has 2 heterocycles. The molecule has 0 saturated carbocycles. The van der Waals surface area contributed by atoms with Crippen LogP contribution in [-0.2, 0) is 5.75 Å². The molecule has 0 radical (unpaired) electrons. The molecule has 4 aromatic rings. The number of hydrogen-bond acceptors (Lipinski definition) is 5. The second-order valence-electron chi connectivity index (χ2n) is 5.31. The van der Waals surface area contributed by atoms with E-state index in [1.807, 2.05) is 54.6 Å². The Morgan fingerprint density at radius 3 is 2.72 bits per heavy atom. The molecule has 2 aromatic carbocycles. The number of rotatable bonds is 5. The highest BCUT2D eigenvalue weighted by atomic mass is 32.2. The summed E-state index contributed by atoms with van der Waals surface area (Å²) in [5.74, 6) is 0.747. The second-order valence-corrected chi connectivity index (χ2v) is 8.39. The number of carbonyl (C=O) groups excluding carboxylic acids is 1. The van der Waals surface area contributed by atoms with E-state index in [0.29, 0.717) is 10.7 Å². The van der Waals surface area contributed by atoms with E-state index in [1.54, 1.807) is 23.1 Å². The van der Waals surface area contributed by atoms with E-state index >= 15 is 0 Å². The summed E-state index contributed by atoms with van der Waals surface area (Å²) in [6, 6.07) is 19.7. The molecule has 0 aliphatic rings. The van der Waals surface area contributed by atoms with E-state index in [0.717, 1.165) is 20.9 Å². The summed E-state index contributed by atoms with van der Waals surface area (Å²) in [7, 11) is 0. The average molecular weight is 383 g/mol. The van der Waals surface area contributed by atoms with Gasteiger partial charge < -0.3 is 0 Å². The van der Waals surface area contributed by atoms with Gasteiger partial charge in [0.05, 0.1) is 15.8 Å². The first-order chi connectivity index (χ1) is 12.3. The maximum Gasteiger partial charge on any atom is 0.258 e. The number of benzene rings is 2. The van der Waals surface area contributed by atoms with Crippen LogP contribution in [0.4, 0.5) is 5.13 Å². The number of anilines is 1.